The van der Waals surface area contributed by atoms with Gasteiger partial charge >= 0.3 is 5.97 Å². The number of benzene rings is 1. The van der Waals surface area contributed by atoms with Crippen LogP contribution in [0.3, 0.4) is 0 Å². The normalized spacial score (nSPS) is 21.3. The van der Waals surface area contributed by atoms with Crippen LogP contribution >= 0.6 is 0 Å². The highest BCUT2D eigenvalue weighted by Crippen LogP contribution is 2.39. The average Bonchev–Trinajstić information content (AvgIpc) is 2.38. The van der Waals surface area contributed by atoms with E-state index >= 15 is 0 Å². The van der Waals surface area contributed by atoms with E-state index < -0.39 is 5.41 Å². The number of allylic oxidation sites excluding steroid dienone is 1. The molecule has 0 amide bonds. The number of carbonyl (C=O) groups excluding carboxylic acids is 1. The molecule has 0 fully saturated rings. The van der Waals surface area contributed by atoms with E-state index in [-0.39, 0.29) is 5.97 Å². The molecule has 3 heteroatoms. The van der Waals surface area contributed by atoms with Gasteiger partial charge < -0.3 is 9.47 Å². The van der Waals surface area contributed by atoms with Gasteiger partial charge in [-0.2, -0.15) is 0 Å². The summed E-state index contributed by atoms with van der Waals surface area (Å²) in [5.41, 5.74) is 1.29. The molecule has 0 spiro atoms. The first-order valence-corrected chi connectivity index (χ1v) is 6.14. The van der Waals surface area contributed by atoms with Gasteiger partial charge in [-0.15, -0.1) is 0 Å². The third-order valence-corrected chi connectivity index (χ3v) is 3.34. The Morgan fingerprint density at radius 1 is 1.44 bits per heavy atom. The zero-order chi connectivity index (χ0) is 13.2. The summed E-state index contributed by atoms with van der Waals surface area (Å²) >= 11 is 0. The van der Waals surface area contributed by atoms with Crippen molar-refractivity contribution in [3.8, 4) is 5.75 Å². The third-order valence-electron chi connectivity index (χ3n) is 3.34. The maximum absolute atomic E-state index is 12.2. The van der Waals surface area contributed by atoms with Crippen LogP contribution in [0.4, 0.5) is 0 Å². The molecule has 18 heavy (non-hydrogen) atoms. The highest BCUT2D eigenvalue weighted by Gasteiger charge is 2.39. The molecule has 96 valence electrons. The van der Waals surface area contributed by atoms with Crippen molar-refractivity contribution in [3.05, 3.63) is 41.5 Å². The number of esters is 1. The topological polar surface area (TPSA) is 35.5 Å². The average molecular weight is 246 g/mol. The third kappa shape index (κ3) is 1.90. The Morgan fingerprint density at radius 2 is 2.22 bits per heavy atom. The quantitative estimate of drug-likeness (QED) is 0.607. The molecule has 1 aromatic carbocycles. The van der Waals surface area contributed by atoms with Crippen LogP contribution in [-0.4, -0.2) is 19.7 Å². The van der Waals surface area contributed by atoms with Gasteiger partial charge in [0.15, 0.2) is 0 Å². The van der Waals surface area contributed by atoms with Gasteiger partial charge in [0, 0.05) is 5.56 Å². The Hall–Kier alpha value is -1.77. The molecule has 3 nitrogen and oxygen atoms in total. The van der Waals surface area contributed by atoms with Gasteiger partial charge in [0.1, 0.15) is 11.2 Å². The lowest BCUT2D eigenvalue weighted by molar-refractivity contribution is -0.147. The lowest BCUT2D eigenvalue weighted by atomic mass is 9.75. The van der Waals surface area contributed by atoms with Crippen molar-refractivity contribution in [2.45, 2.75) is 25.7 Å². The van der Waals surface area contributed by atoms with Crippen molar-refractivity contribution >= 4 is 5.97 Å². The van der Waals surface area contributed by atoms with Gasteiger partial charge in [-0.3, -0.25) is 4.79 Å². The molecular formula is C15H18O3. The molecule has 1 aromatic rings. The summed E-state index contributed by atoms with van der Waals surface area (Å²) in [4.78, 5) is 12.2. The van der Waals surface area contributed by atoms with Crippen LogP contribution in [0.1, 0.15) is 25.0 Å². The second-order valence-electron chi connectivity index (χ2n) is 4.52. The Kier molecular flexibility index (Phi) is 3.41. The fourth-order valence-corrected chi connectivity index (χ4v) is 2.46. The number of fused-ring (bicyclic) bond motifs is 1. The molecule has 0 saturated carbocycles. The Balaban J connectivity index is 2.55. The maximum atomic E-state index is 12.2. The summed E-state index contributed by atoms with van der Waals surface area (Å²) in [6.07, 6.45) is 4.75. The molecule has 0 radical (unpaired) electrons. The monoisotopic (exact) mass is 246 g/mol. The molecule has 0 saturated heterocycles. The molecule has 0 aliphatic heterocycles. The molecule has 1 unspecified atom stereocenters. The fourth-order valence-electron chi connectivity index (χ4n) is 2.46. The van der Waals surface area contributed by atoms with E-state index in [2.05, 4.69) is 0 Å². The predicted octanol–water partition coefficient (Wildman–Crippen LogP) is 2.63. The van der Waals surface area contributed by atoms with Gasteiger partial charge in [0.2, 0.25) is 0 Å². The lowest BCUT2D eigenvalue weighted by Gasteiger charge is -2.31. The smallest absolute Gasteiger partial charge is 0.320 e. The first kappa shape index (κ1) is 12.7. The minimum absolute atomic E-state index is 0.230. The molecule has 0 heterocycles. The zero-order valence-corrected chi connectivity index (χ0v) is 11.0. The Bertz CT molecular complexity index is 491. The van der Waals surface area contributed by atoms with Crippen molar-refractivity contribution in [1.82, 2.24) is 0 Å². The first-order valence-electron chi connectivity index (χ1n) is 6.14. The van der Waals surface area contributed by atoms with E-state index in [0.29, 0.717) is 6.61 Å². The first-order chi connectivity index (χ1) is 8.63. The summed E-state index contributed by atoms with van der Waals surface area (Å²) in [6, 6.07) is 5.86. The van der Waals surface area contributed by atoms with E-state index in [4.69, 9.17) is 9.47 Å². The van der Waals surface area contributed by atoms with Crippen molar-refractivity contribution in [2.24, 2.45) is 0 Å². The molecule has 1 aliphatic carbocycles. The number of rotatable bonds is 3. The van der Waals surface area contributed by atoms with Gasteiger partial charge in [-0.1, -0.05) is 24.3 Å². The van der Waals surface area contributed by atoms with Crippen molar-refractivity contribution in [2.75, 3.05) is 13.7 Å². The minimum atomic E-state index is -0.754. The Morgan fingerprint density at radius 3 is 2.89 bits per heavy atom. The summed E-state index contributed by atoms with van der Waals surface area (Å²) in [7, 11) is 1.62. The van der Waals surface area contributed by atoms with Crippen LogP contribution in [0.25, 0.3) is 0 Å². The molecule has 0 N–H and O–H groups in total. The van der Waals surface area contributed by atoms with E-state index in [1.807, 2.05) is 44.2 Å². The van der Waals surface area contributed by atoms with Crippen molar-refractivity contribution in [3.63, 3.8) is 0 Å². The van der Waals surface area contributed by atoms with E-state index in [0.717, 1.165) is 23.3 Å². The molecule has 0 aromatic heterocycles. The van der Waals surface area contributed by atoms with Crippen LogP contribution in [0.5, 0.6) is 5.75 Å². The van der Waals surface area contributed by atoms with Crippen LogP contribution in [0, 0.1) is 0 Å². The molecular weight excluding hydrogens is 228 g/mol. The van der Waals surface area contributed by atoms with Crippen LogP contribution < -0.4 is 4.74 Å². The number of methoxy groups -OCH3 is 1. The van der Waals surface area contributed by atoms with Crippen molar-refractivity contribution < 1.29 is 14.3 Å². The van der Waals surface area contributed by atoms with E-state index in [1.54, 1.807) is 7.11 Å². The number of carbonyl (C=O) groups is 1. The standard InChI is InChI=1S/C15H18O3/c1-4-18-14(16)15(2)10-6-8-11-7-5-9-12(17-3)13(11)15/h5-7,9-10H,4,8H2,1-3H3. The highest BCUT2D eigenvalue weighted by atomic mass is 16.5. The highest BCUT2D eigenvalue weighted by molar-refractivity contribution is 5.87. The lowest BCUT2D eigenvalue weighted by Crippen LogP contribution is -2.35. The van der Waals surface area contributed by atoms with Gasteiger partial charge in [-0.05, 0) is 31.9 Å². The number of ether oxygens (including phenoxy) is 2. The zero-order valence-electron chi connectivity index (χ0n) is 11.0. The van der Waals surface area contributed by atoms with Crippen LogP contribution in [0.15, 0.2) is 30.4 Å². The fraction of sp³-hybridized carbons (Fsp3) is 0.400. The summed E-state index contributed by atoms with van der Waals surface area (Å²) in [5, 5.41) is 0. The second-order valence-corrected chi connectivity index (χ2v) is 4.52. The number of hydrogen-bond acceptors (Lipinski definition) is 3. The van der Waals surface area contributed by atoms with Gasteiger partial charge in [0.05, 0.1) is 13.7 Å². The summed E-state index contributed by atoms with van der Waals surface area (Å²) in [5.74, 6) is 0.513. The molecule has 0 bridgehead atoms. The largest absolute Gasteiger partial charge is 0.496 e. The molecule has 2 rings (SSSR count). The van der Waals surface area contributed by atoms with Crippen LogP contribution in [-0.2, 0) is 21.4 Å². The Labute approximate surface area is 107 Å². The maximum Gasteiger partial charge on any atom is 0.320 e. The van der Waals surface area contributed by atoms with Crippen molar-refractivity contribution in [1.29, 1.82) is 0 Å². The summed E-state index contributed by atoms with van der Waals surface area (Å²) in [6.45, 7) is 4.08. The van der Waals surface area contributed by atoms with Gasteiger partial charge in [0.25, 0.3) is 0 Å². The SMILES string of the molecule is CCOC(=O)C1(C)C=CCc2cccc(OC)c21. The molecule has 1 aliphatic rings. The minimum Gasteiger partial charge on any atom is -0.496 e. The summed E-state index contributed by atoms with van der Waals surface area (Å²) < 4.78 is 10.6. The molecule has 1 atom stereocenters. The second kappa shape index (κ2) is 4.84. The van der Waals surface area contributed by atoms with E-state index in [1.165, 1.54) is 0 Å². The van der Waals surface area contributed by atoms with Crippen LogP contribution in [0.2, 0.25) is 0 Å². The predicted molar refractivity (Wildman–Crippen MR) is 69.8 cm³/mol. The van der Waals surface area contributed by atoms with Gasteiger partial charge in [-0.25, -0.2) is 0 Å². The van der Waals surface area contributed by atoms with E-state index in [9.17, 15) is 4.79 Å². The number of hydrogen-bond donors (Lipinski definition) is 0.